The highest BCUT2D eigenvalue weighted by atomic mass is 32.2. The lowest BCUT2D eigenvalue weighted by molar-refractivity contribution is -0.387. The van der Waals surface area contributed by atoms with Crippen LogP contribution in [0.4, 0.5) is 11.4 Å². The first-order valence-corrected chi connectivity index (χ1v) is 14.1. The summed E-state index contributed by atoms with van der Waals surface area (Å²) in [6, 6.07) is 6.13. The number of carbonyl (C=O) groups is 1. The van der Waals surface area contributed by atoms with E-state index in [9.17, 15) is 31.7 Å². The predicted molar refractivity (Wildman–Crippen MR) is 122 cm³/mol. The van der Waals surface area contributed by atoms with Gasteiger partial charge in [0.15, 0.2) is 4.90 Å². The van der Waals surface area contributed by atoms with Crippen LogP contribution in [0.25, 0.3) is 0 Å². The van der Waals surface area contributed by atoms with Gasteiger partial charge in [0.05, 0.1) is 17.2 Å². The van der Waals surface area contributed by atoms with Crippen LogP contribution in [0.2, 0.25) is 0 Å². The van der Waals surface area contributed by atoms with Gasteiger partial charge in [-0.15, -0.1) is 11.3 Å². The van der Waals surface area contributed by atoms with Gasteiger partial charge in [0.1, 0.15) is 4.21 Å². The van der Waals surface area contributed by atoms with E-state index in [1.54, 1.807) is 18.7 Å². The first-order valence-electron chi connectivity index (χ1n) is 9.23. The number of hydrogen-bond acceptors (Lipinski definition) is 9. The minimum atomic E-state index is -4.32. The molecule has 0 saturated carbocycles. The van der Waals surface area contributed by atoms with E-state index in [0.29, 0.717) is 29.5 Å². The Hall–Kier alpha value is -2.04. The molecule has 1 aliphatic heterocycles. The van der Waals surface area contributed by atoms with Crippen LogP contribution in [0.1, 0.15) is 4.88 Å². The molecule has 1 saturated heterocycles. The highest BCUT2D eigenvalue weighted by Gasteiger charge is 2.29. The number of nitrogens with one attached hydrogen (secondary N) is 2. The van der Waals surface area contributed by atoms with E-state index in [-0.39, 0.29) is 9.90 Å². The third kappa shape index (κ3) is 5.47. The highest BCUT2D eigenvalue weighted by Crippen LogP contribution is 2.32. The molecule has 1 fully saturated rings. The smallest absolute Gasteiger partial charge is 0.289 e. The van der Waals surface area contributed by atoms with Gasteiger partial charge >= 0.3 is 0 Å². The fraction of sp³-hybridized carbons (Fsp3) is 0.353. The van der Waals surface area contributed by atoms with Crippen molar-refractivity contribution in [2.24, 2.45) is 0 Å². The number of para-hydroxylation sites is 1. The SMILES string of the molecule is Cc1sc(S(=O)(=O)N2CCSCC2)cc1NC(=O)CNS(=O)(=O)c1ccccc1[N+](=O)[O-]. The summed E-state index contributed by atoms with van der Waals surface area (Å²) < 4.78 is 54.0. The number of thioether (sulfide) groups is 1. The monoisotopic (exact) mass is 520 g/mol. The van der Waals surface area contributed by atoms with Crippen molar-refractivity contribution in [1.82, 2.24) is 9.03 Å². The first-order chi connectivity index (χ1) is 15.0. The number of thiophene rings is 1. The molecule has 1 aliphatic rings. The van der Waals surface area contributed by atoms with Crippen molar-refractivity contribution in [3.63, 3.8) is 0 Å². The number of benzene rings is 1. The van der Waals surface area contributed by atoms with Crippen LogP contribution in [-0.2, 0) is 24.8 Å². The van der Waals surface area contributed by atoms with Gasteiger partial charge in [-0.2, -0.15) is 16.1 Å². The molecule has 0 unspecified atom stereocenters. The number of rotatable bonds is 8. The molecule has 0 spiro atoms. The molecule has 174 valence electrons. The Balaban J connectivity index is 1.69. The van der Waals surface area contributed by atoms with Gasteiger partial charge in [0.25, 0.3) is 15.7 Å². The van der Waals surface area contributed by atoms with Crippen molar-refractivity contribution in [2.45, 2.75) is 16.0 Å². The summed E-state index contributed by atoms with van der Waals surface area (Å²) in [4.78, 5) is 22.5. The van der Waals surface area contributed by atoms with Gasteiger partial charge in [-0.25, -0.2) is 21.6 Å². The highest BCUT2D eigenvalue weighted by molar-refractivity contribution is 7.99. The number of nitro groups is 1. The Bertz CT molecular complexity index is 1240. The Morgan fingerprint density at radius 3 is 2.50 bits per heavy atom. The van der Waals surface area contributed by atoms with Crippen molar-refractivity contribution in [1.29, 1.82) is 0 Å². The molecular weight excluding hydrogens is 500 g/mol. The zero-order chi connectivity index (χ0) is 23.5. The van der Waals surface area contributed by atoms with Gasteiger partial charge in [-0.3, -0.25) is 14.9 Å². The molecule has 15 heteroatoms. The Kier molecular flexibility index (Phi) is 7.57. The summed E-state index contributed by atoms with van der Waals surface area (Å²) in [6.45, 7) is 1.79. The van der Waals surface area contributed by atoms with E-state index in [4.69, 9.17) is 0 Å². The summed E-state index contributed by atoms with van der Waals surface area (Å²) in [5.41, 5.74) is -0.352. The maximum Gasteiger partial charge on any atom is 0.289 e. The largest absolute Gasteiger partial charge is 0.324 e. The minimum Gasteiger partial charge on any atom is -0.324 e. The third-order valence-electron chi connectivity index (χ3n) is 4.51. The molecular formula is C17H20N4O7S4. The second-order valence-corrected chi connectivity index (χ2v) is 13.0. The second-order valence-electron chi connectivity index (χ2n) is 6.65. The second kappa shape index (κ2) is 9.84. The summed E-state index contributed by atoms with van der Waals surface area (Å²) in [5, 5.41) is 13.6. The van der Waals surface area contributed by atoms with Crippen LogP contribution in [0.5, 0.6) is 0 Å². The molecule has 32 heavy (non-hydrogen) atoms. The topological polar surface area (TPSA) is 156 Å². The van der Waals surface area contributed by atoms with Crippen LogP contribution in [0, 0.1) is 17.0 Å². The number of anilines is 1. The number of aryl methyl sites for hydroxylation is 1. The standard InChI is InChI=1S/C17H20N4O7S4/c1-12-13(10-17(30-12)32(27,28)20-6-8-29-9-7-20)19-16(22)11-18-31(25,26)15-5-3-2-4-14(15)21(23)24/h2-5,10,18H,6-9,11H2,1H3,(H,19,22). The molecule has 2 aromatic rings. The van der Waals surface area contributed by atoms with Crippen LogP contribution in [0.15, 0.2) is 39.4 Å². The normalized spacial score (nSPS) is 15.4. The van der Waals surface area contributed by atoms with Crippen LogP contribution in [0.3, 0.4) is 0 Å². The number of hydrogen-bond donors (Lipinski definition) is 2. The number of nitro benzene ring substituents is 1. The average Bonchev–Trinajstić information content (AvgIpc) is 3.14. The Labute approximate surface area is 193 Å². The first kappa shape index (κ1) is 24.6. The van der Waals surface area contributed by atoms with Crippen LogP contribution >= 0.6 is 23.1 Å². The van der Waals surface area contributed by atoms with Gasteiger partial charge in [-0.05, 0) is 19.1 Å². The molecule has 0 aliphatic carbocycles. The maximum atomic E-state index is 12.8. The molecule has 0 bridgehead atoms. The predicted octanol–water partition coefficient (Wildman–Crippen LogP) is 1.62. The van der Waals surface area contributed by atoms with E-state index in [0.717, 1.165) is 23.5 Å². The van der Waals surface area contributed by atoms with Gasteiger partial charge < -0.3 is 5.32 Å². The number of sulfonamides is 2. The molecule has 0 atom stereocenters. The minimum absolute atomic E-state index is 0.0951. The molecule has 2 N–H and O–H groups in total. The van der Waals surface area contributed by atoms with E-state index in [1.807, 2.05) is 4.72 Å². The quantitative estimate of drug-likeness (QED) is 0.393. The Morgan fingerprint density at radius 2 is 1.84 bits per heavy atom. The van der Waals surface area contributed by atoms with E-state index in [1.165, 1.54) is 22.5 Å². The average molecular weight is 521 g/mol. The van der Waals surface area contributed by atoms with Crippen molar-refractivity contribution >= 4 is 60.4 Å². The van der Waals surface area contributed by atoms with Gasteiger partial charge in [-0.1, -0.05) is 12.1 Å². The molecule has 1 aromatic heterocycles. The molecule has 1 amide bonds. The molecule has 3 rings (SSSR count). The summed E-state index contributed by atoms with van der Waals surface area (Å²) in [6.07, 6.45) is 0. The number of nitrogens with zero attached hydrogens (tertiary/aromatic N) is 2. The van der Waals surface area contributed by atoms with Gasteiger partial charge in [0.2, 0.25) is 15.9 Å². The lowest BCUT2D eigenvalue weighted by Crippen LogP contribution is -2.37. The van der Waals surface area contributed by atoms with Crippen molar-refractivity contribution in [3.8, 4) is 0 Å². The Morgan fingerprint density at radius 1 is 1.19 bits per heavy atom. The lowest BCUT2D eigenvalue weighted by Gasteiger charge is -2.24. The lowest BCUT2D eigenvalue weighted by atomic mass is 10.3. The number of carbonyl (C=O) groups excluding carboxylic acids is 1. The van der Waals surface area contributed by atoms with Crippen molar-refractivity contribution < 1.29 is 26.6 Å². The molecule has 0 radical (unpaired) electrons. The molecule has 1 aromatic carbocycles. The zero-order valence-corrected chi connectivity index (χ0v) is 20.1. The van der Waals surface area contributed by atoms with E-state index in [2.05, 4.69) is 5.32 Å². The molecule has 11 nitrogen and oxygen atoms in total. The fourth-order valence-corrected chi connectivity index (χ4v) is 8.17. The van der Waals surface area contributed by atoms with Gasteiger partial charge in [0, 0.05) is 35.5 Å². The summed E-state index contributed by atoms with van der Waals surface area (Å²) in [7, 11) is -7.99. The zero-order valence-electron chi connectivity index (χ0n) is 16.8. The molecule has 2 heterocycles. The maximum absolute atomic E-state index is 12.8. The van der Waals surface area contributed by atoms with Crippen molar-refractivity contribution in [3.05, 3.63) is 45.3 Å². The number of amides is 1. The van der Waals surface area contributed by atoms with E-state index < -0.39 is 48.0 Å². The third-order valence-corrected chi connectivity index (χ3v) is 10.3. The van der Waals surface area contributed by atoms with Crippen LogP contribution in [-0.4, -0.2) is 63.1 Å². The van der Waals surface area contributed by atoms with E-state index >= 15 is 0 Å². The summed E-state index contributed by atoms with van der Waals surface area (Å²) in [5.74, 6) is 0.686. The van der Waals surface area contributed by atoms with Crippen LogP contribution < -0.4 is 10.0 Å². The summed E-state index contributed by atoms with van der Waals surface area (Å²) >= 11 is 2.70. The van der Waals surface area contributed by atoms with Crippen molar-refractivity contribution in [2.75, 3.05) is 36.5 Å². The fourth-order valence-electron chi connectivity index (χ4n) is 2.89.